The Bertz CT molecular complexity index is 922. The minimum atomic E-state index is -2.85. The van der Waals surface area contributed by atoms with Crippen molar-refractivity contribution in [3.63, 3.8) is 0 Å². The number of hydrogen-bond acceptors (Lipinski definition) is 5. The number of alkyl halides is 2. The molecule has 0 saturated carbocycles. The summed E-state index contributed by atoms with van der Waals surface area (Å²) in [4.78, 5) is 11.8. The molecule has 24 heavy (non-hydrogen) atoms. The summed E-state index contributed by atoms with van der Waals surface area (Å²) in [5.74, 6) is -2.04. The third-order valence-electron chi connectivity index (χ3n) is 4.26. The molecular formula is C17H16F2N4S. The summed E-state index contributed by atoms with van der Waals surface area (Å²) >= 11 is 1.54. The van der Waals surface area contributed by atoms with Crippen molar-refractivity contribution in [1.82, 2.24) is 9.97 Å². The Morgan fingerprint density at radius 3 is 2.88 bits per heavy atom. The van der Waals surface area contributed by atoms with E-state index in [0.29, 0.717) is 23.9 Å². The van der Waals surface area contributed by atoms with Gasteiger partial charge in [0.25, 0.3) is 5.92 Å². The summed E-state index contributed by atoms with van der Waals surface area (Å²) in [5.41, 5.74) is 7.51. The molecule has 0 bridgehead atoms. The zero-order valence-corrected chi connectivity index (χ0v) is 13.9. The van der Waals surface area contributed by atoms with Gasteiger partial charge in [-0.2, -0.15) is 4.98 Å². The quantitative estimate of drug-likeness (QED) is 0.721. The number of nitrogens with two attached hydrogens (primary N) is 1. The predicted molar refractivity (Wildman–Crippen MR) is 92.6 cm³/mol. The van der Waals surface area contributed by atoms with Crippen molar-refractivity contribution in [3.8, 4) is 0 Å². The van der Waals surface area contributed by atoms with E-state index in [2.05, 4.69) is 9.97 Å². The molecule has 0 atom stereocenters. The molecule has 7 heteroatoms. The van der Waals surface area contributed by atoms with Crippen LogP contribution in [0.4, 0.5) is 20.5 Å². The predicted octanol–water partition coefficient (Wildman–Crippen LogP) is 4.08. The van der Waals surface area contributed by atoms with Gasteiger partial charge in [-0.1, -0.05) is 24.3 Å². The molecule has 3 aromatic rings. The second-order valence-corrected chi connectivity index (χ2v) is 7.27. The van der Waals surface area contributed by atoms with E-state index in [0.717, 1.165) is 15.1 Å². The molecule has 3 heterocycles. The zero-order chi connectivity index (χ0) is 16.9. The van der Waals surface area contributed by atoms with Crippen molar-refractivity contribution in [2.45, 2.75) is 25.8 Å². The Hall–Kier alpha value is -2.28. The van der Waals surface area contributed by atoms with Crippen LogP contribution in [0, 0.1) is 6.92 Å². The lowest BCUT2D eigenvalue weighted by Gasteiger charge is -2.21. The number of rotatable bonds is 1. The summed E-state index contributed by atoms with van der Waals surface area (Å²) in [7, 11) is 0. The largest absolute Gasteiger partial charge is 0.382 e. The number of halogens is 2. The van der Waals surface area contributed by atoms with E-state index in [1.165, 1.54) is 17.4 Å². The van der Waals surface area contributed by atoms with Crippen molar-refractivity contribution < 1.29 is 8.78 Å². The summed E-state index contributed by atoms with van der Waals surface area (Å²) in [5, 5.41) is 0. The Balaban J connectivity index is 1.78. The molecule has 1 aliphatic heterocycles. The molecule has 2 N–H and O–H groups in total. The minimum absolute atomic E-state index is 0.0907. The number of benzene rings is 1. The Labute approximate surface area is 141 Å². The van der Waals surface area contributed by atoms with Crippen molar-refractivity contribution in [3.05, 3.63) is 46.3 Å². The van der Waals surface area contributed by atoms with Gasteiger partial charge in [0.05, 0.1) is 10.2 Å². The van der Waals surface area contributed by atoms with Gasteiger partial charge in [0.2, 0.25) is 5.95 Å². The average molecular weight is 346 g/mol. The van der Waals surface area contributed by atoms with Crippen LogP contribution in [0.3, 0.4) is 0 Å². The van der Waals surface area contributed by atoms with Gasteiger partial charge in [-0.3, -0.25) is 0 Å². The van der Waals surface area contributed by atoms with Gasteiger partial charge < -0.3 is 10.6 Å². The lowest BCUT2D eigenvalue weighted by molar-refractivity contribution is -0.00969. The number of nitrogen functional groups attached to an aromatic ring is 1. The number of hydrogen-bond donors (Lipinski definition) is 1. The van der Waals surface area contributed by atoms with Crippen molar-refractivity contribution in [2.24, 2.45) is 0 Å². The van der Waals surface area contributed by atoms with Crippen LogP contribution in [0.2, 0.25) is 0 Å². The Morgan fingerprint density at radius 2 is 2.04 bits per heavy atom. The number of fused-ring (bicyclic) bond motifs is 2. The highest BCUT2D eigenvalue weighted by Crippen LogP contribution is 2.38. The molecule has 0 amide bonds. The minimum Gasteiger partial charge on any atom is -0.382 e. The normalized spacial score (nSPS) is 16.9. The van der Waals surface area contributed by atoms with Gasteiger partial charge in [0, 0.05) is 30.0 Å². The molecule has 0 saturated heterocycles. The van der Waals surface area contributed by atoms with Gasteiger partial charge in [-0.15, -0.1) is 11.3 Å². The highest BCUT2D eigenvalue weighted by molar-refractivity contribution is 7.19. The standard InChI is InChI=1S/C17H16F2N4S/c1-10-8-13-14(24-10)15(20)22-16(21-13)23-7-6-17(18,19)12-5-3-2-4-11(12)9-23/h2-5,8H,6-7,9H2,1H3,(H2,20,21,22). The maximum absolute atomic E-state index is 14.4. The third-order valence-corrected chi connectivity index (χ3v) is 5.32. The van der Waals surface area contributed by atoms with Crippen LogP contribution in [-0.4, -0.2) is 16.5 Å². The van der Waals surface area contributed by atoms with Crippen LogP contribution in [0.15, 0.2) is 30.3 Å². The van der Waals surface area contributed by atoms with Gasteiger partial charge in [-0.25, -0.2) is 13.8 Å². The first-order valence-electron chi connectivity index (χ1n) is 7.69. The molecule has 1 aromatic carbocycles. The van der Waals surface area contributed by atoms with Crippen molar-refractivity contribution >= 4 is 33.3 Å². The number of nitrogens with zero attached hydrogens (tertiary/aromatic N) is 3. The third kappa shape index (κ3) is 2.49. The maximum atomic E-state index is 14.4. The lowest BCUT2D eigenvalue weighted by Crippen LogP contribution is -2.26. The maximum Gasteiger partial charge on any atom is 0.275 e. The van der Waals surface area contributed by atoms with Gasteiger partial charge >= 0.3 is 0 Å². The molecule has 0 aliphatic carbocycles. The summed E-state index contributed by atoms with van der Waals surface area (Å²) in [6, 6.07) is 8.61. The van der Waals surface area contributed by atoms with E-state index < -0.39 is 5.92 Å². The van der Waals surface area contributed by atoms with Crippen LogP contribution >= 0.6 is 11.3 Å². The van der Waals surface area contributed by atoms with Crippen LogP contribution in [-0.2, 0) is 12.5 Å². The van der Waals surface area contributed by atoms with Gasteiger partial charge in [-0.05, 0) is 18.6 Å². The first-order valence-corrected chi connectivity index (χ1v) is 8.50. The summed E-state index contributed by atoms with van der Waals surface area (Å²) in [6.07, 6.45) is -0.270. The SMILES string of the molecule is Cc1cc2nc(N3CCC(F)(F)c4ccccc4C3)nc(N)c2s1. The number of anilines is 2. The monoisotopic (exact) mass is 346 g/mol. The number of aromatic nitrogens is 2. The number of aryl methyl sites for hydroxylation is 1. The smallest absolute Gasteiger partial charge is 0.275 e. The fourth-order valence-corrected chi connectivity index (χ4v) is 3.93. The average Bonchev–Trinajstić information content (AvgIpc) is 2.86. The fraction of sp³-hybridized carbons (Fsp3) is 0.294. The highest BCUT2D eigenvalue weighted by Gasteiger charge is 2.37. The topological polar surface area (TPSA) is 55.0 Å². The molecule has 4 nitrogen and oxygen atoms in total. The molecular weight excluding hydrogens is 330 g/mol. The van der Waals surface area contributed by atoms with E-state index in [9.17, 15) is 8.78 Å². The van der Waals surface area contributed by atoms with Gasteiger partial charge in [0.15, 0.2) is 0 Å². The summed E-state index contributed by atoms with van der Waals surface area (Å²) < 4.78 is 29.6. The molecule has 0 unspecified atom stereocenters. The van der Waals surface area contributed by atoms with Crippen LogP contribution in [0.5, 0.6) is 0 Å². The molecule has 124 valence electrons. The second-order valence-electron chi connectivity index (χ2n) is 6.01. The molecule has 4 rings (SSSR count). The molecule has 0 spiro atoms. The Morgan fingerprint density at radius 1 is 1.25 bits per heavy atom. The molecule has 0 fully saturated rings. The van der Waals surface area contributed by atoms with Crippen molar-refractivity contribution in [1.29, 1.82) is 0 Å². The second kappa shape index (κ2) is 5.37. The van der Waals surface area contributed by atoms with E-state index in [1.54, 1.807) is 23.1 Å². The van der Waals surface area contributed by atoms with Crippen LogP contribution in [0.1, 0.15) is 22.4 Å². The van der Waals surface area contributed by atoms with E-state index in [-0.39, 0.29) is 18.5 Å². The first kappa shape index (κ1) is 15.3. The fourth-order valence-electron chi connectivity index (χ4n) is 3.08. The van der Waals surface area contributed by atoms with E-state index in [1.807, 2.05) is 13.0 Å². The lowest BCUT2D eigenvalue weighted by atomic mass is 10.0. The Kier molecular flexibility index (Phi) is 3.42. The molecule has 2 aromatic heterocycles. The first-order chi connectivity index (χ1) is 11.4. The molecule has 1 aliphatic rings. The highest BCUT2D eigenvalue weighted by atomic mass is 32.1. The summed E-state index contributed by atoms with van der Waals surface area (Å²) in [6.45, 7) is 2.50. The van der Waals surface area contributed by atoms with Crippen LogP contribution in [0.25, 0.3) is 10.2 Å². The van der Waals surface area contributed by atoms with Gasteiger partial charge in [0.1, 0.15) is 5.82 Å². The van der Waals surface area contributed by atoms with Crippen molar-refractivity contribution in [2.75, 3.05) is 17.2 Å². The van der Waals surface area contributed by atoms with E-state index >= 15 is 0 Å². The van der Waals surface area contributed by atoms with E-state index in [4.69, 9.17) is 5.73 Å². The van der Waals surface area contributed by atoms with Crippen LogP contribution < -0.4 is 10.6 Å². The molecule has 0 radical (unpaired) electrons. The zero-order valence-electron chi connectivity index (χ0n) is 13.1. The number of thiophene rings is 1.